The lowest BCUT2D eigenvalue weighted by Crippen LogP contribution is -2.44. The number of amides is 3. The van der Waals surface area contributed by atoms with Crippen LogP contribution in [0.2, 0.25) is 0 Å². The fraction of sp³-hybridized carbons (Fsp3) is 0.667. The molecule has 0 saturated heterocycles. The Balaban J connectivity index is 4.10. The van der Waals surface area contributed by atoms with E-state index in [2.05, 4.69) is 5.32 Å². The largest absolute Gasteiger partial charge is 0.324 e. The lowest BCUT2D eigenvalue weighted by atomic mass is 10.2. The van der Waals surface area contributed by atoms with E-state index in [-0.39, 0.29) is 24.8 Å². The third-order valence-corrected chi connectivity index (χ3v) is 2.13. The van der Waals surface area contributed by atoms with E-state index in [1.54, 1.807) is 6.92 Å². The average Bonchev–Trinajstić information content (AvgIpc) is 2.17. The van der Waals surface area contributed by atoms with Crippen LogP contribution >= 0.6 is 11.6 Å². The predicted molar refractivity (Wildman–Crippen MR) is 56.3 cm³/mol. The van der Waals surface area contributed by atoms with Gasteiger partial charge in [0.25, 0.3) is 0 Å². The van der Waals surface area contributed by atoms with Crippen molar-refractivity contribution in [2.45, 2.75) is 25.8 Å². The Labute approximate surface area is 94.0 Å². The summed E-state index contributed by atoms with van der Waals surface area (Å²) in [5.74, 6) is -0.234. The van der Waals surface area contributed by atoms with Gasteiger partial charge in [-0.05, 0) is 6.92 Å². The van der Waals surface area contributed by atoms with Gasteiger partial charge in [0, 0.05) is 25.4 Å². The maximum atomic E-state index is 11.4. The molecular weight excluding hydrogens is 218 g/mol. The van der Waals surface area contributed by atoms with Crippen molar-refractivity contribution in [2.24, 2.45) is 0 Å². The van der Waals surface area contributed by atoms with Gasteiger partial charge in [-0.3, -0.25) is 10.1 Å². The Morgan fingerprint density at radius 3 is 2.67 bits per heavy atom. The number of rotatable bonds is 4. The van der Waals surface area contributed by atoms with Crippen LogP contribution in [-0.4, -0.2) is 35.8 Å². The zero-order valence-corrected chi connectivity index (χ0v) is 9.54. The van der Waals surface area contributed by atoms with Crippen molar-refractivity contribution in [3.63, 3.8) is 0 Å². The molecule has 0 saturated carbocycles. The molecule has 1 N–H and O–H groups in total. The molecule has 0 heterocycles. The third-order valence-electron chi connectivity index (χ3n) is 1.94. The van der Waals surface area contributed by atoms with E-state index in [9.17, 15) is 9.59 Å². The van der Waals surface area contributed by atoms with Gasteiger partial charge in [-0.1, -0.05) is 0 Å². The molecule has 0 radical (unpaired) electrons. The second kappa shape index (κ2) is 7.07. The molecule has 0 aromatic carbocycles. The normalized spacial score (nSPS) is 11.3. The van der Waals surface area contributed by atoms with Crippen LogP contribution in [0.3, 0.4) is 0 Å². The second-order valence-electron chi connectivity index (χ2n) is 3.11. The summed E-state index contributed by atoms with van der Waals surface area (Å²) in [5.41, 5.74) is 0. The molecule has 15 heavy (non-hydrogen) atoms. The number of hydrogen-bond acceptors (Lipinski definition) is 3. The van der Waals surface area contributed by atoms with Crippen LogP contribution in [0, 0.1) is 11.3 Å². The van der Waals surface area contributed by atoms with Crippen LogP contribution in [-0.2, 0) is 4.79 Å². The second-order valence-corrected chi connectivity index (χ2v) is 3.49. The number of urea groups is 1. The molecule has 0 fully saturated rings. The van der Waals surface area contributed by atoms with Gasteiger partial charge in [0.05, 0.1) is 12.5 Å². The maximum Gasteiger partial charge on any atom is 0.324 e. The van der Waals surface area contributed by atoms with Gasteiger partial charge in [-0.25, -0.2) is 4.79 Å². The van der Waals surface area contributed by atoms with E-state index in [1.165, 1.54) is 11.9 Å². The van der Waals surface area contributed by atoms with Crippen molar-refractivity contribution in [3.05, 3.63) is 0 Å². The lowest BCUT2D eigenvalue weighted by Gasteiger charge is -2.22. The first-order valence-corrected chi connectivity index (χ1v) is 5.06. The van der Waals surface area contributed by atoms with E-state index in [4.69, 9.17) is 16.9 Å². The summed E-state index contributed by atoms with van der Waals surface area (Å²) in [6.07, 6.45) is 0.335. The van der Waals surface area contributed by atoms with E-state index >= 15 is 0 Å². The minimum Gasteiger partial charge on any atom is -0.324 e. The predicted octanol–water partition coefficient (Wildman–Crippen LogP) is 1.09. The first-order chi connectivity index (χ1) is 7.02. The molecule has 0 aliphatic carbocycles. The number of carbonyl (C=O) groups is 2. The molecule has 84 valence electrons. The molecule has 1 atom stereocenters. The molecule has 0 bridgehead atoms. The van der Waals surface area contributed by atoms with Crippen LogP contribution in [0.4, 0.5) is 4.79 Å². The monoisotopic (exact) mass is 231 g/mol. The number of nitrogens with one attached hydrogen (secondary N) is 1. The standard InChI is InChI=1S/C9H14ClN3O2/c1-7(4-6-11)13(2)9(15)12-8(14)3-5-10/h7H,3-5H2,1-2H3,(H,12,14,15). The van der Waals surface area contributed by atoms with Crippen LogP contribution in [0.25, 0.3) is 0 Å². The van der Waals surface area contributed by atoms with Crippen LogP contribution in [0.15, 0.2) is 0 Å². The van der Waals surface area contributed by atoms with Gasteiger partial charge < -0.3 is 4.90 Å². The fourth-order valence-electron chi connectivity index (χ4n) is 0.825. The highest BCUT2D eigenvalue weighted by molar-refractivity contribution is 6.19. The molecule has 3 amide bonds. The van der Waals surface area contributed by atoms with Crippen molar-refractivity contribution in [2.75, 3.05) is 12.9 Å². The fourth-order valence-corrected chi connectivity index (χ4v) is 0.997. The zero-order valence-electron chi connectivity index (χ0n) is 8.79. The van der Waals surface area contributed by atoms with Crippen molar-refractivity contribution >= 4 is 23.5 Å². The molecule has 0 aromatic heterocycles. The number of hydrogen-bond donors (Lipinski definition) is 1. The summed E-state index contributed by atoms with van der Waals surface area (Å²) in [6.45, 7) is 1.73. The molecule has 1 unspecified atom stereocenters. The topological polar surface area (TPSA) is 73.2 Å². The van der Waals surface area contributed by atoms with Gasteiger partial charge in [0.1, 0.15) is 0 Å². The molecule has 0 rings (SSSR count). The van der Waals surface area contributed by atoms with E-state index < -0.39 is 11.9 Å². The summed E-state index contributed by atoms with van der Waals surface area (Å²) in [6, 6.07) is 1.22. The Bertz CT molecular complexity index is 275. The number of nitrogens with zero attached hydrogens (tertiary/aromatic N) is 2. The third kappa shape index (κ3) is 5.23. The van der Waals surface area contributed by atoms with Crippen molar-refractivity contribution in [1.29, 1.82) is 5.26 Å². The van der Waals surface area contributed by atoms with Crippen molar-refractivity contribution in [3.8, 4) is 6.07 Å². The Morgan fingerprint density at radius 2 is 2.20 bits per heavy atom. The molecule has 0 aromatic rings. The highest BCUT2D eigenvalue weighted by Gasteiger charge is 2.16. The lowest BCUT2D eigenvalue weighted by molar-refractivity contribution is -0.119. The minimum absolute atomic E-state index is 0.105. The first-order valence-electron chi connectivity index (χ1n) is 4.52. The number of halogens is 1. The number of alkyl halides is 1. The smallest absolute Gasteiger partial charge is 0.324 e. The molecule has 0 aliphatic rings. The maximum absolute atomic E-state index is 11.4. The number of carbonyl (C=O) groups excluding carboxylic acids is 2. The summed E-state index contributed by atoms with van der Waals surface area (Å²) in [5, 5.41) is 10.6. The molecule has 6 heteroatoms. The highest BCUT2D eigenvalue weighted by Crippen LogP contribution is 2.00. The van der Waals surface area contributed by atoms with Gasteiger partial charge in [0.2, 0.25) is 5.91 Å². The Hall–Kier alpha value is -1.28. The van der Waals surface area contributed by atoms with Gasteiger partial charge >= 0.3 is 6.03 Å². The quantitative estimate of drug-likeness (QED) is 0.736. The summed E-state index contributed by atoms with van der Waals surface area (Å²) >= 11 is 5.34. The van der Waals surface area contributed by atoms with Crippen LogP contribution in [0.5, 0.6) is 0 Å². The van der Waals surface area contributed by atoms with Gasteiger partial charge in [-0.15, -0.1) is 11.6 Å². The zero-order chi connectivity index (χ0) is 11.8. The molecule has 5 nitrogen and oxygen atoms in total. The van der Waals surface area contributed by atoms with E-state index in [1.807, 2.05) is 6.07 Å². The van der Waals surface area contributed by atoms with Gasteiger partial charge in [0.15, 0.2) is 0 Å². The highest BCUT2D eigenvalue weighted by atomic mass is 35.5. The Kier molecular flexibility index (Phi) is 6.47. The van der Waals surface area contributed by atoms with Gasteiger partial charge in [-0.2, -0.15) is 5.26 Å². The Morgan fingerprint density at radius 1 is 1.60 bits per heavy atom. The van der Waals surface area contributed by atoms with Crippen molar-refractivity contribution < 1.29 is 9.59 Å². The van der Waals surface area contributed by atoms with Crippen molar-refractivity contribution in [1.82, 2.24) is 10.2 Å². The minimum atomic E-state index is -0.507. The molecule has 0 aliphatic heterocycles. The number of nitriles is 1. The molecule has 0 spiro atoms. The van der Waals surface area contributed by atoms with Crippen LogP contribution < -0.4 is 5.32 Å². The SMILES string of the molecule is CC(CC#N)N(C)C(=O)NC(=O)CCCl. The van der Waals surface area contributed by atoms with E-state index in [0.717, 1.165) is 0 Å². The van der Waals surface area contributed by atoms with E-state index in [0.29, 0.717) is 0 Å². The summed E-state index contributed by atoms with van der Waals surface area (Å²) in [7, 11) is 1.53. The summed E-state index contributed by atoms with van der Waals surface area (Å²) < 4.78 is 0. The average molecular weight is 232 g/mol. The number of imide groups is 1. The summed E-state index contributed by atoms with van der Waals surface area (Å²) in [4.78, 5) is 23.7. The first kappa shape index (κ1) is 13.7. The molecular formula is C9H14ClN3O2. The van der Waals surface area contributed by atoms with Crippen LogP contribution in [0.1, 0.15) is 19.8 Å².